The Labute approximate surface area is 179 Å². The molecule has 3 aromatic carbocycles. The number of hydrogen-bond donors (Lipinski definition) is 2. The number of nitrogens with zero attached hydrogens (tertiary/aromatic N) is 1. The van der Waals surface area contributed by atoms with Crippen molar-refractivity contribution in [3.05, 3.63) is 94.5 Å². The van der Waals surface area contributed by atoms with Gasteiger partial charge < -0.3 is 10.1 Å². The van der Waals surface area contributed by atoms with Gasteiger partial charge in [-0.25, -0.2) is 5.43 Å². The Bertz CT molecular complexity index is 1070. The molecule has 0 spiro atoms. The summed E-state index contributed by atoms with van der Waals surface area (Å²) in [5, 5.41) is 6.57. The second-order valence-corrected chi connectivity index (χ2v) is 6.82. The van der Waals surface area contributed by atoms with Crippen LogP contribution in [0.3, 0.4) is 0 Å². The number of carbonyl (C=O) groups is 2. The molecule has 0 bridgehead atoms. The van der Waals surface area contributed by atoms with Crippen molar-refractivity contribution in [1.29, 1.82) is 0 Å². The number of nitrogens with one attached hydrogen (secondary N) is 2. The molecule has 0 unspecified atom stereocenters. The van der Waals surface area contributed by atoms with Crippen LogP contribution in [0.5, 0.6) is 5.75 Å². The van der Waals surface area contributed by atoms with Crippen molar-refractivity contribution in [3.8, 4) is 5.75 Å². The monoisotopic (exact) mass is 421 g/mol. The second-order valence-electron chi connectivity index (χ2n) is 6.42. The topological polar surface area (TPSA) is 79.8 Å². The predicted octanol–water partition coefficient (Wildman–Crippen LogP) is 4.32. The van der Waals surface area contributed by atoms with Crippen LogP contribution in [-0.2, 0) is 16.2 Å². The molecule has 0 aliphatic rings. The maximum Gasteiger partial charge on any atom is 0.329 e. The minimum atomic E-state index is -0.899. The minimum absolute atomic E-state index is 0.340. The summed E-state index contributed by atoms with van der Waals surface area (Å²) in [4.78, 5) is 23.7. The molecular weight excluding hydrogens is 402 g/mol. The number of anilines is 1. The Balaban J connectivity index is 1.49. The van der Waals surface area contributed by atoms with Gasteiger partial charge >= 0.3 is 11.8 Å². The van der Waals surface area contributed by atoms with E-state index in [9.17, 15) is 9.59 Å². The number of hydrogen-bond acceptors (Lipinski definition) is 4. The summed E-state index contributed by atoms with van der Waals surface area (Å²) in [5.41, 5.74) is 5.58. The maximum atomic E-state index is 11.9. The van der Waals surface area contributed by atoms with E-state index in [0.717, 1.165) is 16.9 Å². The van der Waals surface area contributed by atoms with Crippen molar-refractivity contribution >= 4 is 35.3 Å². The highest BCUT2D eigenvalue weighted by Gasteiger charge is 2.14. The van der Waals surface area contributed by atoms with Gasteiger partial charge in [0.25, 0.3) is 0 Å². The molecule has 0 aliphatic heterocycles. The van der Waals surface area contributed by atoms with Gasteiger partial charge in [0.15, 0.2) is 0 Å². The number of benzene rings is 3. The molecule has 0 heterocycles. The third kappa shape index (κ3) is 5.93. The van der Waals surface area contributed by atoms with Gasteiger partial charge in [-0.05, 0) is 60.0 Å². The molecule has 0 radical (unpaired) electrons. The first-order valence-corrected chi connectivity index (χ1v) is 9.57. The lowest BCUT2D eigenvalue weighted by Gasteiger charge is -2.08. The zero-order chi connectivity index (χ0) is 21.3. The lowest BCUT2D eigenvalue weighted by atomic mass is 10.1. The SMILES string of the molecule is Cc1ccccc1COc1ccc(C=NNC(=O)C(=O)Nc2ccccc2Cl)cc1. The molecule has 3 aromatic rings. The summed E-state index contributed by atoms with van der Waals surface area (Å²) in [6.45, 7) is 2.53. The van der Waals surface area contributed by atoms with Crippen molar-refractivity contribution in [2.45, 2.75) is 13.5 Å². The van der Waals surface area contributed by atoms with Gasteiger partial charge in [-0.3, -0.25) is 9.59 Å². The average molecular weight is 422 g/mol. The van der Waals surface area contributed by atoms with E-state index < -0.39 is 11.8 Å². The number of para-hydroxylation sites is 1. The van der Waals surface area contributed by atoms with Crippen molar-refractivity contribution in [2.24, 2.45) is 5.10 Å². The Kier molecular flexibility index (Phi) is 7.19. The summed E-state index contributed by atoms with van der Waals surface area (Å²) >= 11 is 5.95. The zero-order valence-corrected chi connectivity index (χ0v) is 17.0. The Morgan fingerprint density at radius 2 is 1.67 bits per heavy atom. The van der Waals surface area contributed by atoms with Crippen molar-refractivity contribution in [1.82, 2.24) is 5.43 Å². The average Bonchev–Trinajstić information content (AvgIpc) is 2.75. The van der Waals surface area contributed by atoms with Crippen LogP contribution in [0.1, 0.15) is 16.7 Å². The zero-order valence-electron chi connectivity index (χ0n) is 16.3. The molecule has 0 aromatic heterocycles. The molecule has 0 fully saturated rings. The standard InChI is InChI=1S/C23H20ClN3O3/c1-16-6-2-3-7-18(16)15-30-19-12-10-17(11-13-19)14-25-27-23(29)22(28)26-21-9-5-4-8-20(21)24/h2-14H,15H2,1H3,(H,26,28)(H,27,29). The highest BCUT2D eigenvalue weighted by atomic mass is 35.5. The lowest BCUT2D eigenvalue weighted by Crippen LogP contribution is -2.32. The molecule has 2 amide bonds. The third-order valence-electron chi connectivity index (χ3n) is 4.24. The first-order valence-electron chi connectivity index (χ1n) is 9.19. The lowest BCUT2D eigenvalue weighted by molar-refractivity contribution is -0.136. The molecule has 2 N–H and O–H groups in total. The van der Waals surface area contributed by atoms with Gasteiger partial charge in [0, 0.05) is 0 Å². The molecule has 0 saturated heterocycles. The molecule has 30 heavy (non-hydrogen) atoms. The smallest absolute Gasteiger partial charge is 0.329 e. The van der Waals surface area contributed by atoms with E-state index in [2.05, 4.69) is 15.8 Å². The van der Waals surface area contributed by atoms with Crippen molar-refractivity contribution < 1.29 is 14.3 Å². The van der Waals surface area contributed by atoms with Crippen LogP contribution in [0.25, 0.3) is 0 Å². The van der Waals surface area contributed by atoms with E-state index >= 15 is 0 Å². The van der Waals surface area contributed by atoms with Gasteiger partial charge in [-0.2, -0.15) is 5.10 Å². The number of aryl methyl sites for hydroxylation is 1. The number of ether oxygens (including phenoxy) is 1. The van der Waals surface area contributed by atoms with E-state index in [1.165, 1.54) is 11.8 Å². The van der Waals surface area contributed by atoms with E-state index in [0.29, 0.717) is 17.3 Å². The highest BCUT2D eigenvalue weighted by Crippen LogP contribution is 2.20. The normalized spacial score (nSPS) is 10.6. The maximum absolute atomic E-state index is 11.9. The number of carbonyl (C=O) groups excluding carboxylic acids is 2. The largest absolute Gasteiger partial charge is 0.489 e. The molecule has 0 aliphatic carbocycles. The quantitative estimate of drug-likeness (QED) is 0.353. The molecule has 0 saturated carbocycles. The molecule has 0 atom stereocenters. The Morgan fingerprint density at radius 3 is 2.40 bits per heavy atom. The molecule has 7 heteroatoms. The Hall–Kier alpha value is -3.64. The van der Waals surface area contributed by atoms with Gasteiger partial charge in [-0.15, -0.1) is 0 Å². The highest BCUT2D eigenvalue weighted by molar-refractivity contribution is 6.41. The van der Waals surface area contributed by atoms with Crippen molar-refractivity contribution in [3.63, 3.8) is 0 Å². The van der Waals surface area contributed by atoms with E-state index in [-0.39, 0.29) is 0 Å². The second kappa shape index (κ2) is 10.2. The van der Waals surface area contributed by atoms with Crippen molar-refractivity contribution in [2.75, 3.05) is 5.32 Å². The van der Waals surface area contributed by atoms with Crippen LogP contribution in [0, 0.1) is 6.92 Å². The number of halogens is 1. The summed E-state index contributed by atoms with van der Waals surface area (Å²) in [6.07, 6.45) is 1.44. The number of amides is 2. The first kappa shape index (κ1) is 21.1. The summed E-state index contributed by atoms with van der Waals surface area (Å²) in [6, 6.07) is 21.9. The molecule has 6 nitrogen and oxygen atoms in total. The predicted molar refractivity (Wildman–Crippen MR) is 118 cm³/mol. The Morgan fingerprint density at radius 1 is 0.967 bits per heavy atom. The van der Waals surface area contributed by atoms with Gasteiger partial charge in [0.1, 0.15) is 12.4 Å². The molecule has 3 rings (SSSR count). The summed E-state index contributed by atoms with van der Waals surface area (Å²) in [7, 11) is 0. The fourth-order valence-electron chi connectivity index (χ4n) is 2.54. The minimum Gasteiger partial charge on any atom is -0.489 e. The van der Waals surface area contributed by atoms with Crippen LogP contribution >= 0.6 is 11.6 Å². The first-order chi connectivity index (χ1) is 14.5. The van der Waals surface area contributed by atoms with Crippen LogP contribution in [0.4, 0.5) is 5.69 Å². The summed E-state index contributed by atoms with van der Waals surface area (Å²) in [5.74, 6) is -1.04. The van der Waals surface area contributed by atoms with Crippen LogP contribution in [0.2, 0.25) is 5.02 Å². The number of hydrazone groups is 1. The van der Waals surface area contributed by atoms with Crippen LogP contribution in [-0.4, -0.2) is 18.0 Å². The number of rotatable bonds is 6. The molecular formula is C23H20ClN3O3. The van der Waals surface area contributed by atoms with Gasteiger partial charge in [0.2, 0.25) is 0 Å². The fraction of sp³-hybridized carbons (Fsp3) is 0.0870. The van der Waals surface area contributed by atoms with Gasteiger partial charge in [0.05, 0.1) is 16.9 Å². The van der Waals surface area contributed by atoms with E-state index in [1.54, 1.807) is 36.4 Å². The summed E-state index contributed by atoms with van der Waals surface area (Å²) < 4.78 is 5.79. The van der Waals surface area contributed by atoms with E-state index in [4.69, 9.17) is 16.3 Å². The van der Waals surface area contributed by atoms with Crippen LogP contribution in [0.15, 0.2) is 77.9 Å². The molecule has 152 valence electrons. The van der Waals surface area contributed by atoms with E-state index in [1.807, 2.05) is 43.3 Å². The fourth-order valence-corrected chi connectivity index (χ4v) is 2.72. The third-order valence-corrected chi connectivity index (χ3v) is 4.57. The van der Waals surface area contributed by atoms with Crippen LogP contribution < -0.4 is 15.5 Å². The van der Waals surface area contributed by atoms with Gasteiger partial charge in [-0.1, -0.05) is 48.0 Å².